The topological polar surface area (TPSA) is 129 Å². The van der Waals surface area contributed by atoms with Crippen LogP contribution in [-0.2, 0) is 10.0 Å². The fourth-order valence-corrected chi connectivity index (χ4v) is 4.07. The van der Waals surface area contributed by atoms with Gasteiger partial charge in [-0.25, -0.2) is 9.07 Å². The summed E-state index contributed by atoms with van der Waals surface area (Å²) >= 11 is 0. The van der Waals surface area contributed by atoms with Gasteiger partial charge in [-0.1, -0.05) is 24.3 Å². The summed E-state index contributed by atoms with van der Waals surface area (Å²) in [4.78, 5) is 12.9. The number of aromatic hydroxyl groups is 1. The van der Waals surface area contributed by atoms with Crippen LogP contribution in [0.5, 0.6) is 5.75 Å². The van der Waals surface area contributed by atoms with Gasteiger partial charge >= 0.3 is 15.5 Å². The van der Waals surface area contributed by atoms with E-state index in [0.29, 0.717) is 16.9 Å². The van der Waals surface area contributed by atoms with Crippen molar-refractivity contribution in [2.24, 2.45) is 10.2 Å². The molecule has 0 bridgehead atoms. The number of benzene rings is 3. The van der Waals surface area contributed by atoms with E-state index in [0.717, 1.165) is 12.1 Å². The fraction of sp³-hybridized carbons (Fsp3) is 0.125. The van der Waals surface area contributed by atoms with E-state index in [2.05, 4.69) is 15.3 Å². The second kappa shape index (κ2) is 9.78. The van der Waals surface area contributed by atoms with E-state index >= 15 is 0 Å². The summed E-state index contributed by atoms with van der Waals surface area (Å²) in [5, 5.41) is 21.5. The molecule has 0 saturated carbocycles. The van der Waals surface area contributed by atoms with Crippen LogP contribution in [0.1, 0.15) is 11.3 Å². The van der Waals surface area contributed by atoms with E-state index in [9.17, 15) is 35.9 Å². The van der Waals surface area contributed by atoms with Crippen LogP contribution in [0.2, 0.25) is 0 Å². The first-order valence-electron chi connectivity index (χ1n) is 10.8. The average molecular weight is 550 g/mol. The molecule has 14 heteroatoms. The number of para-hydroxylation sites is 1. The first-order chi connectivity index (χ1) is 17.8. The largest absolute Gasteiger partial charge is 0.516 e. The molecule has 0 fully saturated rings. The lowest BCUT2D eigenvalue weighted by molar-refractivity contribution is -0.0429. The van der Waals surface area contributed by atoms with Crippen LogP contribution >= 0.6 is 0 Å². The SMILES string of the molecule is Cc1cc(-n2[nH]c(C)c(N=Nc3cccc(-c4cccc(NS(=O)(=O)C(F)(F)F)c4)c3O)c2=O)ccc1F. The summed E-state index contributed by atoms with van der Waals surface area (Å²) < 4.78 is 77.2. The van der Waals surface area contributed by atoms with Gasteiger partial charge < -0.3 is 5.11 Å². The molecule has 1 heterocycles. The summed E-state index contributed by atoms with van der Waals surface area (Å²) in [5.41, 5.74) is -5.20. The number of nitrogens with zero attached hydrogens (tertiary/aromatic N) is 3. The molecule has 4 aromatic rings. The number of azo groups is 1. The summed E-state index contributed by atoms with van der Waals surface area (Å²) in [6, 6.07) is 13.4. The lowest BCUT2D eigenvalue weighted by Crippen LogP contribution is -2.29. The Morgan fingerprint density at radius 3 is 2.39 bits per heavy atom. The number of aromatic amines is 1. The van der Waals surface area contributed by atoms with Crippen molar-refractivity contribution in [2.75, 3.05) is 4.72 Å². The van der Waals surface area contributed by atoms with Gasteiger partial charge in [-0.05, 0) is 61.4 Å². The van der Waals surface area contributed by atoms with E-state index in [4.69, 9.17) is 0 Å². The highest BCUT2D eigenvalue weighted by Gasteiger charge is 2.46. The maximum Gasteiger partial charge on any atom is 0.516 e. The standard InChI is InChI=1S/C24H19F4N5O4S/c1-13-11-17(9-10-19(13)25)33-23(35)21(14(2)31-33)30-29-20-8-4-7-18(22(20)34)15-5-3-6-16(12-15)32-38(36,37)24(26,27)28/h3-12,31-32,34H,1-2H3. The Hall–Kier alpha value is -4.46. The van der Waals surface area contributed by atoms with E-state index in [-0.39, 0.29) is 28.2 Å². The molecule has 9 nitrogen and oxygen atoms in total. The number of sulfonamides is 1. The molecule has 198 valence electrons. The number of alkyl halides is 3. The second-order valence-electron chi connectivity index (χ2n) is 8.16. The molecule has 3 aromatic carbocycles. The molecular formula is C24H19F4N5O4S. The van der Waals surface area contributed by atoms with Gasteiger partial charge in [-0.3, -0.25) is 14.6 Å². The summed E-state index contributed by atoms with van der Waals surface area (Å²) in [6.45, 7) is 3.13. The molecule has 0 aliphatic rings. The molecular weight excluding hydrogens is 530 g/mol. The smallest absolute Gasteiger partial charge is 0.505 e. The number of anilines is 1. The van der Waals surface area contributed by atoms with Crippen molar-refractivity contribution in [3.05, 3.63) is 88.1 Å². The Labute approximate surface area is 213 Å². The molecule has 0 spiro atoms. The number of phenolic OH excluding ortho intramolecular Hbond substituents is 1. The van der Waals surface area contributed by atoms with Crippen molar-refractivity contribution < 1.29 is 31.1 Å². The fourth-order valence-electron chi connectivity index (χ4n) is 3.52. The maximum atomic E-state index is 13.6. The van der Waals surface area contributed by atoms with Crippen molar-refractivity contribution in [1.29, 1.82) is 0 Å². The molecule has 1 aromatic heterocycles. The molecule has 0 saturated heterocycles. The lowest BCUT2D eigenvalue weighted by atomic mass is 10.0. The second-order valence-corrected chi connectivity index (χ2v) is 9.84. The summed E-state index contributed by atoms with van der Waals surface area (Å²) in [5.74, 6) is -0.835. The van der Waals surface area contributed by atoms with Gasteiger partial charge in [0.15, 0.2) is 11.4 Å². The van der Waals surface area contributed by atoms with Gasteiger partial charge in [-0.15, -0.1) is 10.2 Å². The Balaban J connectivity index is 1.66. The number of phenols is 1. The normalized spacial score (nSPS) is 12.3. The third kappa shape index (κ3) is 5.16. The molecule has 0 unspecified atom stereocenters. The first kappa shape index (κ1) is 26.6. The molecule has 4 rings (SSSR count). The third-order valence-corrected chi connectivity index (χ3v) is 6.56. The minimum absolute atomic E-state index is 0.0621. The van der Waals surface area contributed by atoms with Gasteiger partial charge in [-0.2, -0.15) is 21.6 Å². The zero-order chi connectivity index (χ0) is 27.8. The number of hydrogen-bond acceptors (Lipinski definition) is 6. The van der Waals surface area contributed by atoms with Gasteiger partial charge in [0.2, 0.25) is 0 Å². The van der Waals surface area contributed by atoms with Gasteiger partial charge in [0.25, 0.3) is 5.56 Å². The Bertz CT molecular complexity index is 1730. The number of aromatic nitrogens is 2. The minimum atomic E-state index is -5.64. The van der Waals surface area contributed by atoms with E-state index in [1.165, 1.54) is 57.9 Å². The van der Waals surface area contributed by atoms with Gasteiger partial charge in [0.1, 0.15) is 11.5 Å². The van der Waals surface area contributed by atoms with E-state index in [1.807, 2.05) is 0 Å². The molecule has 0 atom stereocenters. The van der Waals surface area contributed by atoms with Crippen LogP contribution in [0.4, 0.5) is 34.6 Å². The predicted molar refractivity (Wildman–Crippen MR) is 132 cm³/mol. The van der Waals surface area contributed by atoms with Crippen LogP contribution in [-0.4, -0.2) is 28.8 Å². The van der Waals surface area contributed by atoms with Crippen LogP contribution in [0.15, 0.2) is 75.7 Å². The average Bonchev–Trinajstić information content (AvgIpc) is 3.12. The van der Waals surface area contributed by atoms with E-state index in [1.54, 1.807) is 13.8 Å². The Kier molecular flexibility index (Phi) is 6.84. The number of aryl methyl sites for hydroxylation is 2. The van der Waals surface area contributed by atoms with Gasteiger partial charge in [0.05, 0.1) is 11.4 Å². The highest BCUT2D eigenvalue weighted by molar-refractivity contribution is 7.93. The van der Waals surface area contributed by atoms with E-state index < -0.39 is 32.7 Å². The maximum absolute atomic E-state index is 13.6. The third-order valence-electron chi connectivity index (χ3n) is 5.44. The van der Waals surface area contributed by atoms with Crippen LogP contribution in [0.25, 0.3) is 16.8 Å². The number of hydrogen-bond donors (Lipinski definition) is 3. The van der Waals surface area contributed by atoms with Crippen molar-refractivity contribution in [2.45, 2.75) is 19.4 Å². The number of nitrogens with one attached hydrogen (secondary N) is 2. The number of H-pyrrole nitrogens is 1. The first-order valence-corrected chi connectivity index (χ1v) is 12.3. The Morgan fingerprint density at radius 2 is 1.71 bits per heavy atom. The van der Waals surface area contributed by atoms with Gasteiger partial charge in [0, 0.05) is 11.3 Å². The molecule has 3 N–H and O–H groups in total. The number of halogens is 4. The molecule has 0 amide bonds. The van der Waals surface area contributed by atoms with Crippen molar-refractivity contribution in [1.82, 2.24) is 9.78 Å². The van der Waals surface area contributed by atoms with Crippen LogP contribution < -0.4 is 10.3 Å². The monoisotopic (exact) mass is 549 g/mol. The molecule has 38 heavy (non-hydrogen) atoms. The predicted octanol–water partition coefficient (Wildman–Crippen LogP) is 5.97. The molecule has 0 aliphatic carbocycles. The summed E-state index contributed by atoms with van der Waals surface area (Å²) in [7, 11) is -5.64. The number of rotatable bonds is 6. The zero-order valence-electron chi connectivity index (χ0n) is 19.7. The zero-order valence-corrected chi connectivity index (χ0v) is 20.5. The quantitative estimate of drug-likeness (QED) is 0.202. The van der Waals surface area contributed by atoms with Crippen LogP contribution in [0, 0.1) is 19.7 Å². The highest BCUT2D eigenvalue weighted by atomic mass is 32.2. The highest BCUT2D eigenvalue weighted by Crippen LogP contribution is 2.39. The Morgan fingerprint density at radius 1 is 1.00 bits per heavy atom. The van der Waals surface area contributed by atoms with Crippen molar-refractivity contribution in [3.63, 3.8) is 0 Å². The van der Waals surface area contributed by atoms with Crippen molar-refractivity contribution >= 4 is 27.1 Å². The van der Waals surface area contributed by atoms with Crippen LogP contribution in [0.3, 0.4) is 0 Å². The summed E-state index contributed by atoms with van der Waals surface area (Å²) in [6.07, 6.45) is 0. The molecule has 0 aliphatic heterocycles. The molecule has 0 radical (unpaired) electrons. The minimum Gasteiger partial charge on any atom is -0.505 e. The lowest BCUT2D eigenvalue weighted by Gasteiger charge is -2.12. The van der Waals surface area contributed by atoms with Crippen molar-refractivity contribution in [3.8, 4) is 22.6 Å².